The fourth-order valence-electron chi connectivity index (χ4n) is 1.56. The molecular formula is C11H20N4O. The van der Waals surface area contributed by atoms with Gasteiger partial charge in [-0.3, -0.25) is 9.89 Å². The third-order valence-corrected chi connectivity index (χ3v) is 2.66. The molecule has 1 rings (SSSR count). The third-order valence-electron chi connectivity index (χ3n) is 2.66. The second-order valence-electron chi connectivity index (χ2n) is 4.37. The fourth-order valence-corrected chi connectivity index (χ4v) is 1.56. The van der Waals surface area contributed by atoms with Gasteiger partial charge < -0.3 is 11.1 Å². The number of rotatable bonds is 5. The zero-order valence-electron chi connectivity index (χ0n) is 10.1. The van der Waals surface area contributed by atoms with E-state index < -0.39 is 5.54 Å². The lowest BCUT2D eigenvalue weighted by Crippen LogP contribution is -2.51. The van der Waals surface area contributed by atoms with Gasteiger partial charge in [0.2, 0.25) is 5.91 Å². The highest BCUT2D eigenvalue weighted by atomic mass is 16.2. The normalized spacial score (nSPS) is 14.5. The molecule has 1 amide bonds. The Bertz CT molecular complexity index is 357. The van der Waals surface area contributed by atoms with Gasteiger partial charge in [-0.25, -0.2) is 0 Å². The molecule has 0 aliphatic heterocycles. The van der Waals surface area contributed by atoms with Crippen molar-refractivity contribution in [2.45, 2.75) is 45.7 Å². The van der Waals surface area contributed by atoms with E-state index in [1.807, 2.05) is 13.8 Å². The monoisotopic (exact) mass is 224 g/mol. The molecule has 1 aromatic heterocycles. The average molecular weight is 224 g/mol. The molecule has 1 aromatic rings. The van der Waals surface area contributed by atoms with Crippen LogP contribution in [0.25, 0.3) is 0 Å². The Morgan fingerprint density at radius 3 is 2.88 bits per heavy atom. The van der Waals surface area contributed by atoms with Crippen molar-refractivity contribution in [1.29, 1.82) is 0 Å². The molecule has 1 atom stereocenters. The zero-order valence-corrected chi connectivity index (χ0v) is 10.1. The number of nitrogens with zero attached hydrogens (tertiary/aromatic N) is 1. The molecule has 1 unspecified atom stereocenters. The van der Waals surface area contributed by atoms with Crippen LogP contribution < -0.4 is 11.1 Å². The minimum atomic E-state index is -0.785. The van der Waals surface area contributed by atoms with Gasteiger partial charge >= 0.3 is 0 Å². The lowest BCUT2D eigenvalue weighted by molar-refractivity contribution is -0.126. The summed E-state index contributed by atoms with van der Waals surface area (Å²) in [6.07, 6.45) is 3.29. The summed E-state index contributed by atoms with van der Waals surface area (Å²) in [5.74, 6) is -0.116. The molecule has 0 saturated carbocycles. The van der Waals surface area contributed by atoms with Crippen LogP contribution in [-0.4, -0.2) is 21.6 Å². The maximum atomic E-state index is 11.8. The number of carbonyl (C=O) groups is 1. The van der Waals surface area contributed by atoms with Crippen LogP contribution in [0.4, 0.5) is 0 Å². The lowest BCUT2D eigenvalue weighted by atomic mass is 9.96. The number of hydrogen-bond acceptors (Lipinski definition) is 3. The smallest absolute Gasteiger partial charge is 0.240 e. The molecule has 1 heterocycles. The number of amides is 1. The van der Waals surface area contributed by atoms with Gasteiger partial charge in [0.15, 0.2) is 0 Å². The fraction of sp³-hybridized carbons (Fsp3) is 0.636. The van der Waals surface area contributed by atoms with Crippen molar-refractivity contribution in [2.24, 2.45) is 5.73 Å². The first-order valence-corrected chi connectivity index (χ1v) is 5.53. The van der Waals surface area contributed by atoms with Crippen LogP contribution >= 0.6 is 0 Å². The van der Waals surface area contributed by atoms with Crippen LogP contribution in [-0.2, 0) is 11.3 Å². The average Bonchev–Trinajstić information content (AvgIpc) is 2.60. The van der Waals surface area contributed by atoms with Gasteiger partial charge in [-0.05, 0) is 20.3 Å². The van der Waals surface area contributed by atoms with E-state index in [1.165, 1.54) is 0 Å². The second-order valence-corrected chi connectivity index (χ2v) is 4.37. The Morgan fingerprint density at radius 2 is 2.38 bits per heavy atom. The van der Waals surface area contributed by atoms with E-state index in [0.717, 1.165) is 17.7 Å². The number of nitrogens with one attached hydrogen (secondary N) is 2. The molecule has 4 N–H and O–H groups in total. The van der Waals surface area contributed by atoms with Crippen molar-refractivity contribution < 1.29 is 4.79 Å². The number of aromatic nitrogens is 2. The predicted octanol–water partition coefficient (Wildman–Crippen LogP) is 0.852. The van der Waals surface area contributed by atoms with E-state index in [1.54, 1.807) is 13.1 Å². The van der Waals surface area contributed by atoms with E-state index in [9.17, 15) is 4.79 Å². The molecule has 0 aliphatic carbocycles. The summed E-state index contributed by atoms with van der Waals surface area (Å²) < 4.78 is 0. The van der Waals surface area contributed by atoms with Gasteiger partial charge in [-0.15, -0.1) is 0 Å². The Kier molecular flexibility index (Phi) is 4.06. The number of aryl methyl sites for hydroxylation is 1. The molecule has 0 saturated heterocycles. The zero-order chi connectivity index (χ0) is 12.2. The number of hydrogen-bond donors (Lipinski definition) is 3. The van der Waals surface area contributed by atoms with Crippen molar-refractivity contribution >= 4 is 5.91 Å². The van der Waals surface area contributed by atoms with Crippen LogP contribution in [0, 0.1) is 6.92 Å². The molecule has 90 valence electrons. The largest absolute Gasteiger partial charge is 0.350 e. The molecule has 16 heavy (non-hydrogen) atoms. The van der Waals surface area contributed by atoms with Crippen LogP contribution in [0.2, 0.25) is 0 Å². The Labute approximate surface area is 95.8 Å². The van der Waals surface area contributed by atoms with Crippen molar-refractivity contribution in [3.8, 4) is 0 Å². The van der Waals surface area contributed by atoms with E-state index in [-0.39, 0.29) is 5.91 Å². The van der Waals surface area contributed by atoms with E-state index >= 15 is 0 Å². The Hall–Kier alpha value is -1.36. The Morgan fingerprint density at radius 1 is 1.69 bits per heavy atom. The Balaban J connectivity index is 2.50. The number of H-pyrrole nitrogens is 1. The molecule has 5 nitrogen and oxygen atoms in total. The minimum Gasteiger partial charge on any atom is -0.350 e. The highest BCUT2D eigenvalue weighted by Gasteiger charge is 2.26. The SMILES string of the molecule is CCCC(C)(N)C(=O)NCc1cn[nH]c1C. The van der Waals surface area contributed by atoms with Gasteiger partial charge in [0.1, 0.15) is 0 Å². The number of aromatic amines is 1. The van der Waals surface area contributed by atoms with E-state index in [4.69, 9.17) is 5.73 Å². The summed E-state index contributed by atoms with van der Waals surface area (Å²) in [6.45, 7) is 6.16. The summed E-state index contributed by atoms with van der Waals surface area (Å²) in [6, 6.07) is 0. The standard InChI is InChI=1S/C11H20N4O/c1-4-5-11(3,12)10(16)13-6-9-7-14-15-8(9)2/h7H,4-6,12H2,1-3H3,(H,13,16)(H,14,15). The summed E-state index contributed by atoms with van der Waals surface area (Å²) in [5, 5.41) is 9.54. The highest BCUT2D eigenvalue weighted by molar-refractivity contribution is 5.85. The maximum Gasteiger partial charge on any atom is 0.240 e. The van der Waals surface area contributed by atoms with Gasteiger partial charge in [0.05, 0.1) is 11.7 Å². The highest BCUT2D eigenvalue weighted by Crippen LogP contribution is 2.09. The molecule has 0 radical (unpaired) electrons. The first-order chi connectivity index (χ1) is 7.47. The van der Waals surface area contributed by atoms with Crippen molar-refractivity contribution in [3.63, 3.8) is 0 Å². The molecule has 0 aliphatic rings. The number of nitrogens with two attached hydrogens (primary N) is 1. The van der Waals surface area contributed by atoms with Crippen LogP contribution in [0.1, 0.15) is 37.9 Å². The van der Waals surface area contributed by atoms with Crippen molar-refractivity contribution in [2.75, 3.05) is 0 Å². The molecule has 5 heteroatoms. The molecule has 0 bridgehead atoms. The topological polar surface area (TPSA) is 83.8 Å². The van der Waals surface area contributed by atoms with Crippen molar-refractivity contribution in [1.82, 2.24) is 15.5 Å². The van der Waals surface area contributed by atoms with Crippen molar-refractivity contribution in [3.05, 3.63) is 17.5 Å². The van der Waals surface area contributed by atoms with Crippen LogP contribution in [0.15, 0.2) is 6.20 Å². The quantitative estimate of drug-likeness (QED) is 0.693. The van der Waals surface area contributed by atoms with Crippen LogP contribution in [0.3, 0.4) is 0 Å². The lowest BCUT2D eigenvalue weighted by Gasteiger charge is -2.22. The molecular weight excluding hydrogens is 204 g/mol. The van der Waals surface area contributed by atoms with E-state index in [0.29, 0.717) is 13.0 Å². The van der Waals surface area contributed by atoms with Gasteiger partial charge in [-0.2, -0.15) is 5.10 Å². The van der Waals surface area contributed by atoms with E-state index in [2.05, 4.69) is 15.5 Å². The summed E-state index contributed by atoms with van der Waals surface area (Å²) in [4.78, 5) is 11.8. The van der Waals surface area contributed by atoms with Crippen LogP contribution in [0.5, 0.6) is 0 Å². The van der Waals surface area contributed by atoms with Gasteiger partial charge in [0, 0.05) is 17.8 Å². The molecule has 0 aromatic carbocycles. The second kappa shape index (κ2) is 5.12. The first-order valence-electron chi connectivity index (χ1n) is 5.53. The maximum absolute atomic E-state index is 11.8. The summed E-state index contributed by atoms with van der Waals surface area (Å²) in [7, 11) is 0. The third kappa shape index (κ3) is 3.06. The molecule has 0 fully saturated rings. The molecule has 0 spiro atoms. The van der Waals surface area contributed by atoms with Gasteiger partial charge in [0.25, 0.3) is 0 Å². The summed E-state index contributed by atoms with van der Waals surface area (Å²) >= 11 is 0. The minimum absolute atomic E-state index is 0.116. The summed E-state index contributed by atoms with van der Waals surface area (Å²) in [5.41, 5.74) is 7.08. The van der Waals surface area contributed by atoms with Gasteiger partial charge in [-0.1, -0.05) is 13.3 Å². The number of carbonyl (C=O) groups excluding carboxylic acids is 1. The first kappa shape index (κ1) is 12.7. The predicted molar refractivity (Wildman–Crippen MR) is 62.7 cm³/mol.